The fourth-order valence-electron chi connectivity index (χ4n) is 3.05. The lowest BCUT2D eigenvalue weighted by Gasteiger charge is -2.25. The van der Waals surface area contributed by atoms with Gasteiger partial charge in [-0.15, -0.1) is 0 Å². The van der Waals surface area contributed by atoms with Crippen LogP contribution in [0.25, 0.3) is 0 Å². The highest BCUT2D eigenvalue weighted by atomic mass is 79.9. The molecule has 5 nitrogen and oxygen atoms in total. The summed E-state index contributed by atoms with van der Waals surface area (Å²) in [6, 6.07) is 10.6. The summed E-state index contributed by atoms with van der Waals surface area (Å²) in [5.41, 5.74) is 2.28. The van der Waals surface area contributed by atoms with Gasteiger partial charge in [0.25, 0.3) is 5.91 Å². The molecule has 124 valence electrons. The number of likely N-dealkylation sites (tertiary alicyclic amines) is 1. The van der Waals surface area contributed by atoms with E-state index in [4.69, 9.17) is 5.11 Å². The fraction of sp³-hybridized carbons (Fsp3) is 0.278. The van der Waals surface area contributed by atoms with Gasteiger partial charge in [0.05, 0.1) is 6.04 Å². The summed E-state index contributed by atoms with van der Waals surface area (Å²) in [6.07, 6.45) is 1.82. The molecular formula is C18H17BrN2O3. The van der Waals surface area contributed by atoms with Crippen LogP contribution >= 0.6 is 15.9 Å². The van der Waals surface area contributed by atoms with E-state index in [1.165, 1.54) is 6.07 Å². The first-order valence-corrected chi connectivity index (χ1v) is 8.54. The number of rotatable bonds is 3. The van der Waals surface area contributed by atoms with Crippen LogP contribution in [0.5, 0.6) is 0 Å². The third-order valence-electron chi connectivity index (χ3n) is 4.27. The van der Waals surface area contributed by atoms with Crippen LogP contribution in [-0.2, 0) is 0 Å². The van der Waals surface area contributed by atoms with E-state index in [-0.39, 0.29) is 23.3 Å². The summed E-state index contributed by atoms with van der Waals surface area (Å²) in [4.78, 5) is 29.6. The van der Waals surface area contributed by atoms with Crippen molar-refractivity contribution in [3.63, 3.8) is 0 Å². The van der Waals surface area contributed by atoms with Crippen molar-refractivity contribution in [3.05, 3.63) is 63.4 Å². The van der Waals surface area contributed by atoms with Gasteiger partial charge in [-0.3, -0.25) is 4.79 Å². The van der Waals surface area contributed by atoms with E-state index in [1.54, 1.807) is 17.0 Å². The molecule has 24 heavy (non-hydrogen) atoms. The molecule has 0 radical (unpaired) electrons. The number of aromatic carboxylic acids is 1. The molecule has 1 unspecified atom stereocenters. The van der Waals surface area contributed by atoms with Gasteiger partial charge in [0.2, 0.25) is 0 Å². The van der Waals surface area contributed by atoms with Crippen LogP contribution in [0.1, 0.15) is 51.0 Å². The minimum Gasteiger partial charge on any atom is -0.477 e. The number of carboxylic acids is 1. The third-order valence-corrected chi connectivity index (χ3v) is 5.16. The molecule has 1 atom stereocenters. The van der Waals surface area contributed by atoms with Crippen molar-refractivity contribution in [1.82, 2.24) is 9.88 Å². The van der Waals surface area contributed by atoms with Crippen LogP contribution in [-0.4, -0.2) is 33.4 Å². The Kier molecular flexibility index (Phi) is 4.66. The number of pyridine rings is 1. The van der Waals surface area contributed by atoms with Gasteiger partial charge >= 0.3 is 5.97 Å². The fourth-order valence-corrected chi connectivity index (χ4v) is 3.30. The van der Waals surface area contributed by atoms with E-state index < -0.39 is 5.97 Å². The van der Waals surface area contributed by atoms with Gasteiger partial charge in [-0.05, 0) is 49.1 Å². The zero-order valence-corrected chi connectivity index (χ0v) is 14.8. The molecule has 6 heteroatoms. The molecule has 1 amide bonds. The Bertz CT molecular complexity index is 807. The highest BCUT2D eigenvalue weighted by molar-refractivity contribution is 9.10. The third kappa shape index (κ3) is 3.19. The molecule has 2 heterocycles. The smallest absolute Gasteiger partial charge is 0.354 e. The van der Waals surface area contributed by atoms with E-state index in [1.807, 2.05) is 19.1 Å². The second-order valence-electron chi connectivity index (χ2n) is 5.88. The summed E-state index contributed by atoms with van der Waals surface area (Å²) in [7, 11) is 0. The highest BCUT2D eigenvalue weighted by Crippen LogP contribution is 2.34. The summed E-state index contributed by atoms with van der Waals surface area (Å²) in [6.45, 7) is 2.67. The van der Waals surface area contributed by atoms with Crippen LogP contribution in [0.4, 0.5) is 0 Å². The van der Waals surface area contributed by atoms with Crippen LogP contribution in [0.15, 0.2) is 40.9 Å². The van der Waals surface area contributed by atoms with Gasteiger partial charge < -0.3 is 10.0 Å². The quantitative estimate of drug-likeness (QED) is 0.866. The van der Waals surface area contributed by atoms with Crippen molar-refractivity contribution in [3.8, 4) is 0 Å². The molecule has 1 aliphatic rings. The predicted molar refractivity (Wildman–Crippen MR) is 93.1 cm³/mol. The molecule has 1 N–H and O–H groups in total. The number of aromatic nitrogens is 1. The lowest BCUT2D eigenvalue weighted by atomic mass is 10.0. The molecule has 1 aromatic carbocycles. The lowest BCUT2D eigenvalue weighted by Crippen LogP contribution is -2.31. The van der Waals surface area contributed by atoms with Crippen molar-refractivity contribution >= 4 is 27.8 Å². The number of carbonyl (C=O) groups is 2. The van der Waals surface area contributed by atoms with E-state index in [2.05, 4.69) is 27.0 Å². The van der Waals surface area contributed by atoms with E-state index in [9.17, 15) is 9.59 Å². The van der Waals surface area contributed by atoms with Gasteiger partial charge in [-0.1, -0.05) is 34.1 Å². The lowest BCUT2D eigenvalue weighted by molar-refractivity contribution is 0.0689. The second kappa shape index (κ2) is 6.73. The Morgan fingerprint density at radius 3 is 2.71 bits per heavy atom. The highest BCUT2D eigenvalue weighted by Gasteiger charge is 2.31. The van der Waals surface area contributed by atoms with Crippen molar-refractivity contribution in [2.45, 2.75) is 25.8 Å². The molecule has 0 spiro atoms. The minimum absolute atomic E-state index is 0.000385. The monoisotopic (exact) mass is 388 g/mol. The number of aryl methyl sites for hydroxylation is 1. The van der Waals surface area contributed by atoms with Crippen LogP contribution < -0.4 is 0 Å². The second-order valence-corrected chi connectivity index (χ2v) is 6.73. The van der Waals surface area contributed by atoms with Crippen LogP contribution in [0.3, 0.4) is 0 Å². The van der Waals surface area contributed by atoms with Crippen LogP contribution in [0, 0.1) is 6.92 Å². The van der Waals surface area contributed by atoms with Gasteiger partial charge in [-0.25, -0.2) is 9.78 Å². The molecule has 3 rings (SSSR count). The van der Waals surface area contributed by atoms with Crippen molar-refractivity contribution in [1.29, 1.82) is 0 Å². The van der Waals surface area contributed by atoms with E-state index in [0.717, 1.165) is 28.4 Å². The Balaban J connectivity index is 1.89. The first kappa shape index (κ1) is 16.6. The Hall–Kier alpha value is -2.21. The van der Waals surface area contributed by atoms with Gasteiger partial charge in [0.15, 0.2) is 0 Å². The van der Waals surface area contributed by atoms with Crippen molar-refractivity contribution < 1.29 is 14.7 Å². The van der Waals surface area contributed by atoms with E-state index >= 15 is 0 Å². The summed E-state index contributed by atoms with van der Waals surface area (Å²) in [5, 5.41) is 9.05. The Labute approximate surface area is 148 Å². The number of nitrogens with zero attached hydrogens (tertiary/aromatic N) is 2. The largest absolute Gasteiger partial charge is 0.477 e. The zero-order valence-electron chi connectivity index (χ0n) is 13.2. The average Bonchev–Trinajstić information content (AvgIpc) is 3.06. The molecule has 2 aromatic rings. The number of carboxylic acid groups (broad SMARTS) is 1. The number of carbonyl (C=O) groups excluding carboxylic acids is 1. The maximum atomic E-state index is 12.8. The standard InChI is InChI=1S/C18H17BrN2O3/c1-11-10-12(7-8-13(11)19)16-6-3-9-21(16)17(22)14-4-2-5-15(20-14)18(23)24/h2,4-5,7-8,10,16H,3,6,9H2,1H3,(H,23,24). The normalized spacial score (nSPS) is 17.1. The number of amides is 1. The van der Waals surface area contributed by atoms with Gasteiger partial charge in [0.1, 0.15) is 11.4 Å². The maximum Gasteiger partial charge on any atom is 0.354 e. The molecule has 0 aliphatic carbocycles. The molecular weight excluding hydrogens is 372 g/mol. The van der Waals surface area contributed by atoms with Crippen molar-refractivity contribution in [2.75, 3.05) is 6.54 Å². The molecule has 0 bridgehead atoms. The topological polar surface area (TPSA) is 70.5 Å². The number of benzene rings is 1. The average molecular weight is 389 g/mol. The summed E-state index contributed by atoms with van der Waals surface area (Å²) in [5.74, 6) is -1.35. The maximum absolute atomic E-state index is 12.8. The predicted octanol–water partition coefficient (Wildman–Crippen LogP) is 3.83. The molecule has 1 saturated heterocycles. The summed E-state index contributed by atoms with van der Waals surface area (Å²) >= 11 is 3.49. The minimum atomic E-state index is -1.13. The zero-order chi connectivity index (χ0) is 17.3. The van der Waals surface area contributed by atoms with Crippen molar-refractivity contribution in [2.24, 2.45) is 0 Å². The SMILES string of the molecule is Cc1cc(C2CCCN2C(=O)c2cccc(C(=O)O)n2)ccc1Br. The van der Waals surface area contributed by atoms with E-state index in [0.29, 0.717) is 6.54 Å². The first-order valence-electron chi connectivity index (χ1n) is 7.75. The summed E-state index contributed by atoms with van der Waals surface area (Å²) < 4.78 is 1.04. The number of hydrogen-bond acceptors (Lipinski definition) is 3. The Morgan fingerprint density at radius 1 is 1.25 bits per heavy atom. The molecule has 0 saturated carbocycles. The first-order chi connectivity index (χ1) is 11.5. The van der Waals surface area contributed by atoms with Gasteiger partial charge in [0, 0.05) is 11.0 Å². The molecule has 1 aromatic heterocycles. The number of hydrogen-bond donors (Lipinski definition) is 1. The number of halogens is 1. The van der Waals surface area contributed by atoms with Gasteiger partial charge in [-0.2, -0.15) is 0 Å². The van der Waals surface area contributed by atoms with Crippen LogP contribution in [0.2, 0.25) is 0 Å². The Morgan fingerprint density at radius 2 is 2.00 bits per heavy atom. The molecule has 1 fully saturated rings. The molecule has 1 aliphatic heterocycles.